The Morgan fingerprint density at radius 1 is 1.27 bits per heavy atom. The molecule has 0 spiro atoms. The number of hydrogen-bond donors (Lipinski definition) is 0. The van der Waals surface area contributed by atoms with Gasteiger partial charge in [-0.25, -0.2) is 4.98 Å². The molecule has 0 N–H and O–H groups in total. The van der Waals surface area contributed by atoms with Crippen molar-refractivity contribution < 1.29 is 13.9 Å². The van der Waals surface area contributed by atoms with E-state index in [2.05, 4.69) is 4.98 Å². The third kappa shape index (κ3) is 3.33. The highest BCUT2D eigenvalue weighted by molar-refractivity contribution is 7.22. The van der Waals surface area contributed by atoms with E-state index in [1.54, 1.807) is 36.5 Å². The minimum atomic E-state index is -0.163. The summed E-state index contributed by atoms with van der Waals surface area (Å²) in [5.74, 6) is 1.27. The van der Waals surface area contributed by atoms with Crippen LogP contribution in [0.5, 0.6) is 5.75 Å². The number of thiazole rings is 1. The van der Waals surface area contributed by atoms with E-state index in [0.717, 1.165) is 16.0 Å². The fourth-order valence-corrected chi connectivity index (χ4v) is 4.47. The number of aromatic nitrogens is 1. The summed E-state index contributed by atoms with van der Waals surface area (Å²) in [5.41, 5.74) is 0.812. The number of ether oxygens (including phenoxy) is 1. The van der Waals surface area contributed by atoms with Crippen molar-refractivity contribution in [3.8, 4) is 5.75 Å². The van der Waals surface area contributed by atoms with Gasteiger partial charge in [0.25, 0.3) is 5.91 Å². The Kier molecular flexibility index (Phi) is 4.67. The van der Waals surface area contributed by atoms with Gasteiger partial charge >= 0.3 is 0 Å². The zero-order valence-electron chi connectivity index (χ0n) is 13.6. The standard InChI is InChI=1S/C18H13ClN2O3S2/c1-23-11-4-5-13-15(9-11)26-18(20-13)21(10-12-3-2-8-24-12)17(22)14-6-7-16(19)25-14/h2-9H,10H2,1H3. The molecule has 0 aliphatic rings. The third-order valence-corrected chi connectivity index (χ3v) is 6.00. The molecule has 1 amide bonds. The fraction of sp³-hybridized carbons (Fsp3) is 0.111. The molecule has 132 valence electrons. The number of fused-ring (bicyclic) bond motifs is 1. The lowest BCUT2D eigenvalue weighted by molar-refractivity contribution is 0.0987. The average molecular weight is 405 g/mol. The molecule has 0 radical (unpaired) electrons. The van der Waals surface area contributed by atoms with Crippen molar-refractivity contribution >= 4 is 55.5 Å². The van der Waals surface area contributed by atoms with E-state index in [-0.39, 0.29) is 12.5 Å². The number of nitrogens with zero attached hydrogens (tertiary/aromatic N) is 2. The maximum Gasteiger partial charge on any atom is 0.270 e. The van der Waals surface area contributed by atoms with Crippen LogP contribution in [-0.4, -0.2) is 18.0 Å². The highest BCUT2D eigenvalue weighted by Crippen LogP contribution is 2.34. The van der Waals surface area contributed by atoms with Gasteiger partial charge in [0.1, 0.15) is 11.5 Å². The minimum absolute atomic E-state index is 0.163. The second-order valence-electron chi connectivity index (χ2n) is 5.40. The molecule has 3 heterocycles. The average Bonchev–Trinajstić information content (AvgIpc) is 3.38. The topological polar surface area (TPSA) is 55.6 Å². The van der Waals surface area contributed by atoms with Gasteiger partial charge in [-0.3, -0.25) is 9.69 Å². The molecule has 0 atom stereocenters. The van der Waals surface area contributed by atoms with Crippen LogP contribution >= 0.6 is 34.3 Å². The van der Waals surface area contributed by atoms with Crippen LogP contribution < -0.4 is 9.64 Å². The predicted molar refractivity (Wildman–Crippen MR) is 105 cm³/mol. The first kappa shape index (κ1) is 17.1. The first-order valence-corrected chi connectivity index (χ1v) is 9.69. The molecule has 4 rings (SSSR count). The molecule has 5 nitrogen and oxygen atoms in total. The van der Waals surface area contributed by atoms with Crippen LogP contribution in [0.15, 0.2) is 53.1 Å². The Bertz CT molecular complexity index is 1060. The van der Waals surface area contributed by atoms with Gasteiger partial charge in [0, 0.05) is 0 Å². The number of hydrogen-bond acceptors (Lipinski definition) is 6. The number of furan rings is 1. The van der Waals surface area contributed by atoms with Gasteiger partial charge in [0.05, 0.1) is 39.3 Å². The van der Waals surface area contributed by atoms with E-state index in [1.807, 2.05) is 24.3 Å². The number of carbonyl (C=O) groups is 1. The zero-order valence-corrected chi connectivity index (χ0v) is 16.0. The number of methoxy groups -OCH3 is 1. The van der Waals surface area contributed by atoms with Crippen molar-refractivity contribution in [2.75, 3.05) is 12.0 Å². The molecule has 26 heavy (non-hydrogen) atoms. The maximum absolute atomic E-state index is 13.1. The summed E-state index contributed by atoms with van der Waals surface area (Å²) in [6.07, 6.45) is 1.59. The van der Waals surface area contributed by atoms with E-state index >= 15 is 0 Å². The summed E-state index contributed by atoms with van der Waals surface area (Å²) < 4.78 is 12.2. The molecule has 0 bridgehead atoms. The Morgan fingerprint density at radius 2 is 2.15 bits per heavy atom. The van der Waals surface area contributed by atoms with Gasteiger partial charge in [-0.2, -0.15) is 0 Å². The van der Waals surface area contributed by atoms with E-state index in [4.69, 9.17) is 20.8 Å². The molecule has 0 fully saturated rings. The lowest BCUT2D eigenvalue weighted by Gasteiger charge is -2.17. The Labute approximate surface area is 162 Å². The number of halogens is 1. The number of carbonyl (C=O) groups excluding carboxylic acids is 1. The first-order chi connectivity index (χ1) is 12.6. The van der Waals surface area contributed by atoms with Gasteiger partial charge in [0.15, 0.2) is 5.13 Å². The Hall–Kier alpha value is -2.35. The Balaban J connectivity index is 1.75. The molecular weight excluding hydrogens is 392 g/mol. The van der Waals surface area contributed by atoms with Crippen molar-refractivity contribution in [3.63, 3.8) is 0 Å². The molecule has 0 aliphatic carbocycles. The molecular formula is C18H13ClN2O3S2. The number of thiophene rings is 1. The highest BCUT2D eigenvalue weighted by atomic mass is 35.5. The normalized spacial score (nSPS) is 11.0. The van der Waals surface area contributed by atoms with Crippen molar-refractivity contribution in [1.29, 1.82) is 0 Å². The molecule has 1 aromatic carbocycles. The van der Waals surface area contributed by atoms with Crippen molar-refractivity contribution in [3.05, 3.63) is 63.7 Å². The molecule has 0 unspecified atom stereocenters. The number of anilines is 1. The van der Waals surface area contributed by atoms with Gasteiger partial charge < -0.3 is 9.15 Å². The number of amides is 1. The van der Waals surface area contributed by atoms with Crippen LogP contribution in [-0.2, 0) is 6.54 Å². The van der Waals surface area contributed by atoms with E-state index < -0.39 is 0 Å². The van der Waals surface area contributed by atoms with Gasteiger partial charge in [-0.05, 0) is 42.5 Å². The maximum atomic E-state index is 13.1. The predicted octanol–water partition coefficient (Wildman–Crippen LogP) is 5.46. The van der Waals surface area contributed by atoms with E-state index in [1.165, 1.54) is 22.7 Å². The largest absolute Gasteiger partial charge is 0.497 e. The zero-order chi connectivity index (χ0) is 18.1. The second kappa shape index (κ2) is 7.11. The van der Waals surface area contributed by atoms with Gasteiger partial charge in [-0.1, -0.05) is 22.9 Å². The van der Waals surface area contributed by atoms with Gasteiger partial charge in [0.2, 0.25) is 0 Å². The number of benzene rings is 1. The van der Waals surface area contributed by atoms with Crippen LogP contribution in [0, 0.1) is 0 Å². The number of rotatable bonds is 5. The second-order valence-corrected chi connectivity index (χ2v) is 8.13. The summed E-state index contributed by atoms with van der Waals surface area (Å²) in [7, 11) is 1.62. The highest BCUT2D eigenvalue weighted by Gasteiger charge is 2.24. The molecule has 8 heteroatoms. The van der Waals surface area contributed by atoms with E-state index in [0.29, 0.717) is 20.1 Å². The SMILES string of the molecule is COc1ccc2nc(N(Cc3ccco3)C(=O)c3ccc(Cl)s3)sc2c1. The van der Waals surface area contributed by atoms with Crippen LogP contribution in [0.1, 0.15) is 15.4 Å². The molecule has 0 aliphatic heterocycles. The fourth-order valence-electron chi connectivity index (χ4n) is 2.48. The lowest BCUT2D eigenvalue weighted by atomic mass is 10.3. The third-order valence-electron chi connectivity index (χ3n) is 3.74. The molecule has 4 aromatic rings. The van der Waals surface area contributed by atoms with Crippen LogP contribution in [0.2, 0.25) is 4.34 Å². The molecule has 0 saturated heterocycles. The van der Waals surface area contributed by atoms with E-state index in [9.17, 15) is 4.79 Å². The molecule has 0 saturated carbocycles. The summed E-state index contributed by atoms with van der Waals surface area (Å²) >= 11 is 8.67. The van der Waals surface area contributed by atoms with Crippen molar-refractivity contribution in [1.82, 2.24) is 4.98 Å². The van der Waals surface area contributed by atoms with Crippen LogP contribution in [0.25, 0.3) is 10.2 Å². The van der Waals surface area contributed by atoms with Gasteiger partial charge in [-0.15, -0.1) is 11.3 Å². The van der Waals surface area contributed by atoms with Crippen molar-refractivity contribution in [2.24, 2.45) is 0 Å². The quantitative estimate of drug-likeness (QED) is 0.443. The minimum Gasteiger partial charge on any atom is -0.497 e. The molecule has 3 aromatic heterocycles. The Morgan fingerprint density at radius 3 is 2.85 bits per heavy atom. The smallest absolute Gasteiger partial charge is 0.270 e. The van der Waals surface area contributed by atoms with Crippen molar-refractivity contribution in [2.45, 2.75) is 6.54 Å². The van der Waals surface area contributed by atoms with Crippen LogP contribution in [0.3, 0.4) is 0 Å². The monoisotopic (exact) mass is 404 g/mol. The first-order valence-electron chi connectivity index (χ1n) is 7.68. The summed E-state index contributed by atoms with van der Waals surface area (Å²) in [6.45, 7) is 0.290. The summed E-state index contributed by atoms with van der Waals surface area (Å²) in [4.78, 5) is 19.8. The van der Waals surface area contributed by atoms with Crippen LogP contribution in [0.4, 0.5) is 5.13 Å². The summed E-state index contributed by atoms with van der Waals surface area (Å²) in [5, 5.41) is 0.596. The summed E-state index contributed by atoms with van der Waals surface area (Å²) in [6, 6.07) is 12.7. The lowest BCUT2D eigenvalue weighted by Crippen LogP contribution is -2.29.